The van der Waals surface area contributed by atoms with Crippen molar-refractivity contribution in [2.24, 2.45) is 5.92 Å². The number of aromatic nitrogens is 1. The van der Waals surface area contributed by atoms with Gasteiger partial charge >= 0.3 is 0 Å². The molecule has 0 fully saturated rings. The van der Waals surface area contributed by atoms with Gasteiger partial charge in [0.1, 0.15) is 5.60 Å². The molecule has 4 heteroatoms. The van der Waals surface area contributed by atoms with Gasteiger partial charge in [-0.3, -0.25) is 0 Å². The first-order chi connectivity index (χ1) is 7.14. The van der Waals surface area contributed by atoms with Gasteiger partial charge in [0.25, 0.3) is 5.19 Å². The molecule has 0 saturated heterocycles. The van der Waals surface area contributed by atoms with Crippen molar-refractivity contribution in [2.45, 2.75) is 25.4 Å². The highest BCUT2D eigenvalue weighted by Gasteiger charge is 2.31. The van der Waals surface area contributed by atoms with Crippen LogP contribution < -0.4 is 4.74 Å². The zero-order valence-corrected chi connectivity index (χ0v) is 9.75. The molecule has 2 atom stereocenters. The van der Waals surface area contributed by atoms with Gasteiger partial charge in [-0.05, 0) is 18.8 Å². The van der Waals surface area contributed by atoms with Crippen LogP contribution in [0.1, 0.15) is 25.5 Å². The number of nitrogens with zero attached hydrogens (tertiary/aromatic N) is 1. The Hall–Kier alpha value is -0.870. The first kappa shape index (κ1) is 10.6. The van der Waals surface area contributed by atoms with Crippen molar-refractivity contribution in [1.82, 2.24) is 4.98 Å². The van der Waals surface area contributed by atoms with Gasteiger partial charge in [0.05, 0.1) is 12.8 Å². The monoisotopic (exact) mass is 225 g/mol. The number of aliphatic hydroxyl groups is 1. The van der Waals surface area contributed by atoms with Gasteiger partial charge in [-0.25, -0.2) is 4.98 Å². The van der Waals surface area contributed by atoms with Crippen LogP contribution >= 0.6 is 11.3 Å². The number of hydrogen-bond donors (Lipinski definition) is 1. The summed E-state index contributed by atoms with van der Waals surface area (Å²) < 4.78 is 5.02. The van der Waals surface area contributed by atoms with Crippen molar-refractivity contribution in [2.75, 3.05) is 7.11 Å². The molecule has 1 N–H and O–H groups in total. The van der Waals surface area contributed by atoms with Crippen molar-refractivity contribution in [3.8, 4) is 5.19 Å². The molecule has 82 valence electrons. The topological polar surface area (TPSA) is 42.4 Å². The molecule has 0 aliphatic heterocycles. The van der Waals surface area contributed by atoms with E-state index in [0.29, 0.717) is 16.8 Å². The van der Waals surface area contributed by atoms with Crippen molar-refractivity contribution in [3.63, 3.8) is 0 Å². The summed E-state index contributed by atoms with van der Waals surface area (Å²) in [7, 11) is 1.59. The molecule has 0 saturated carbocycles. The predicted molar refractivity (Wildman–Crippen MR) is 60.1 cm³/mol. The zero-order valence-electron chi connectivity index (χ0n) is 8.93. The van der Waals surface area contributed by atoms with Crippen molar-refractivity contribution >= 4 is 11.3 Å². The quantitative estimate of drug-likeness (QED) is 0.785. The van der Waals surface area contributed by atoms with E-state index < -0.39 is 5.60 Å². The molecular weight excluding hydrogens is 210 g/mol. The Morgan fingerprint density at radius 1 is 1.67 bits per heavy atom. The number of rotatable bonds is 2. The van der Waals surface area contributed by atoms with Crippen LogP contribution in [0.15, 0.2) is 17.5 Å². The summed E-state index contributed by atoms with van der Waals surface area (Å²) >= 11 is 1.42. The van der Waals surface area contributed by atoms with Gasteiger partial charge in [-0.15, -0.1) is 0 Å². The lowest BCUT2D eigenvalue weighted by molar-refractivity contribution is 0.0631. The second-order valence-corrected chi connectivity index (χ2v) is 4.82. The third-order valence-electron chi connectivity index (χ3n) is 2.78. The fraction of sp³-hybridized carbons (Fsp3) is 0.545. The van der Waals surface area contributed by atoms with Crippen molar-refractivity contribution < 1.29 is 9.84 Å². The molecule has 1 heterocycles. The average molecular weight is 225 g/mol. The summed E-state index contributed by atoms with van der Waals surface area (Å²) in [5, 5.41) is 12.8. The van der Waals surface area contributed by atoms with E-state index in [1.165, 1.54) is 11.3 Å². The number of hydrogen-bond acceptors (Lipinski definition) is 4. The molecular formula is C11H15NO2S. The Morgan fingerprint density at radius 2 is 2.47 bits per heavy atom. The summed E-state index contributed by atoms with van der Waals surface area (Å²) in [5.74, 6) is 0.547. The second kappa shape index (κ2) is 3.94. The summed E-state index contributed by atoms with van der Waals surface area (Å²) in [6.07, 6.45) is 5.63. The van der Waals surface area contributed by atoms with Crippen molar-refractivity contribution in [3.05, 3.63) is 23.2 Å². The van der Waals surface area contributed by atoms with Crippen molar-refractivity contribution in [1.29, 1.82) is 0 Å². The zero-order chi connectivity index (χ0) is 10.9. The van der Waals surface area contributed by atoms with Crippen LogP contribution in [-0.2, 0) is 5.60 Å². The molecule has 3 nitrogen and oxygen atoms in total. The number of methoxy groups -OCH3 is 1. The molecule has 0 spiro atoms. The van der Waals surface area contributed by atoms with Crippen LogP contribution in [0.25, 0.3) is 0 Å². The van der Waals surface area contributed by atoms with E-state index in [4.69, 9.17) is 4.74 Å². The normalized spacial score (nSPS) is 30.5. The standard InChI is InChI=1S/C11H15NO2S/c1-8-3-5-11(13,6-4-8)9-7-15-10(12-9)14-2/h3,5,7-8,13H,4,6H2,1-2H3. The first-order valence-electron chi connectivity index (χ1n) is 5.06. The minimum absolute atomic E-state index is 0.547. The van der Waals surface area contributed by atoms with Crippen LogP contribution in [0.5, 0.6) is 5.19 Å². The maximum absolute atomic E-state index is 10.4. The highest BCUT2D eigenvalue weighted by Crippen LogP contribution is 2.36. The molecule has 0 radical (unpaired) electrons. The smallest absolute Gasteiger partial charge is 0.273 e. The van der Waals surface area contributed by atoms with E-state index in [2.05, 4.69) is 18.0 Å². The number of thiazole rings is 1. The lowest BCUT2D eigenvalue weighted by Gasteiger charge is -2.28. The molecule has 1 aliphatic rings. The minimum Gasteiger partial charge on any atom is -0.473 e. The Balaban J connectivity index is 2.25. The van der Waals surface area contributed by atoms with Gasteiger partial charge in [-0.2, -0.15) is 0 Å². The van der Waals surface area contributed by atoms with E-state index in [1.54, 1.807) is 7.11 Å². The summed E-state index contributed by atoms with van der Waals surface area (Å²) in [4.78, 5) is 4.24. The van der Waals surface area contributed by atoms with Gasteiger partial charge in [0.15, 0.2) is 0 Å². The van der Waals surface area contributed by atoms with Gasteiger partial charge in [0.2, 0.25) is 0 Å². The number of allylic oxidation sites excluding steroid dienone is 1. The first-order valence-corrected chi connectivity index (χ1v) is 5.94. The molecule has 0 bridgehead atoms. The van der Waals surface area contributed by atoms with E-state index in [-0.39, 0.29) is 0 Å². The van der Waals surface area contributed by atoms with E-state index >= 15 is 0 Å². The third-order valence-corrected chi connectivity index (χ3v) is 3.58. The van der Waals surface area contributed by atoms with Gasteiger partial charge < -0.3 is 9.84 Å². The lowest BCUT2D eigenvalue weighted by atomic mass is 9.84. The molecule has 1 aliphatic carbocycles. The maximum atomic E-state index is 10.4. The third kappa shape index (κ3) is 2.06. The van der Waals surface area contributed by atoms with Gasteiger partial charge in [-0.1, -0.05) is 30.4 Å². The fourth-order valence-electron chi connectivity index (χ4n) is 1.71. The summed E-state index contributed by atoms with van der Waals surface area (Å²) in [6, 6.07) is 0. The molecule has 0 amide bonds. The molecule has 0 aromatic carbocycles. The summed E-state index contributed by atoms with van der Waals surface area (Å²) in [5.41, 5.74) is -0.188. The van der Waals surface area contributed by atoms with E-state index in [1.807, 2.05) is 11.5 Å². The SMILES string of the molecule is COc1nc(C2(O)C=CC(C)CC2)cs1. The van der Waals surface area contributed by atoms with Crippen LogP contribution in [0.3, 0.4) is 0 Å². The highest BCUT2D eigenvalue weighted by molar-refractivity contribution is 7.11. The van der Waals surface area contributed by atoms with Crippen LogP contribution in [0, 0.1) is 5.92 Å². The van der Waals surface area contributed by atoms with E-state index in [0.717, 1.165) is 12.8 Å². The Kier molecular flexibility index (Phi) is 2.80. The van der Waals surface area contributed by atoms with Crippen LogP contribution in [0.4, 0.5) is 0 Å². The largest absolute Gasteiger partial charge is 0.473 e. The predicted octanol–water partition coefficient (Wildman–Crippen LogP) is 2.33. The number of ether oxygens (including phenoxy) is 1. The summed E-state index contributed by atoms with van der Waals surface area (Å²) in [6.45, 7) is 2.15. The molecule has 2 rings (SSSR count). The Labute approximate surface area is 93.4 Å². The lowest BCUT2D eigenvalue weighted by Crippen LogP contribution is -2.27. The molecule has 1 aromatic rings. The van der Waals surface area contributed by atoms with Crippen LogP contribution in [0.2, 0.25) is 0 Å². The molecule has 2 unspecified atom stereocenters. The van der Waals surface area contributed by atoms with E-state index in [9.17, 15) is 5.11 Å². The van der Waals surface area contributed by atoms with Gasteiger partial charge in [0, 0.05) is 5.38 Å². The molecule has 15 heavy (non-hydrogen) atoms. The van der Waals surface area contributed by atoms with Crippen LogP contribution in [-0.4, -0.2) is 17.2 Å². The fourth-order valence-corrected chi connectivity index (χ4v) is 2.43. The minimum atomic E-state index is -0.889. The average Bonchev–Trinajstić information content (AvgIpc) is 2.72. The Bertz CT molecular complexity index is 374. The second-order valence-electron chi connectivity index (χ2n) is 4.00. The molecule has 1 aromatic heterocycles. The highest BCUT2D eigenvalue weighted by atomic mass is 32.1. The Morgan fingerprint density at radius 3 is 3.00 bits per heavy atom. The maximum Gasteiger partial charge on any atom is 0.273 e.